The largest absolute Gasteiger partial charge is 0.497 e. The van der Waals surface area contributed by atoms with E-state index in [1.807, 2.05) is 104 Å². The van der Waals surface area contributed by atoms with Crippen LogP contribution >= 0.6 is 11.3 Å². The van der Waals surface area contributed by atoms with Crippen LogP contribution in [0.15, 0.2) is 84.9 Å². The molecule has 0 saturated heterocycles. The summed E-state index contributed by atoms with van der Waals surface area (Å²) in [7, 11) is 1.61. The van der Waals surface area contributed by atoms with E-state index in [1.54, 1.807) is 7.11 Å². The van der Waals surface area contributed by atoms with Crippen molar-refractivity contribution in [2.75, 3.05) is 19.0 Å². The minimum Gasteiger partial charge on any atom is -0.497 e. The fraction of sp³-hybridized carbons (Fsp3) is 0.267. The molecule has 1 heterocycles. The molecule has 1 N–H and O–H groups in total. The van der Waals surface area contributed by atoms with Crippen LogP contribution in [0.1, 0.15) is 43.7 Å². The Morgan fingerprint density at radius 1 is 0.947 bits per heavy atom. The number of benzene rings is 3. The number of hydrogen-bond acceptors (Lipinski definition) is 6. The quantitative estimate of drug-likeness (QED) is 0.258. The van der Waals surface area contributed by atoms with Crippen LogP contribution in [-0.4, -0.2) is 46.6 Å². The first-order chi connectivity index (χ1) is 18.5. The molecule has 0 aliphatic carbocycles. The van der Waals surface area contributed by atoms with E-state index < -0.39 is 5.92 Å². The van der Waals surface area contributed by atoms with Crippen LogP contribution in [0.3, 0.4) is 0 Å². The summed E-state index contributed by atoms with van der Waals surface area (Å²) in [4.78, 5) is 28.7. The molecule has 0 fully saturated rings. The molecule has 0 spiro atoms. The minimum absolute atomic E-state index is 0.0132. The first-order valence-electron chi connectivity index (χ1n) is 12.7. The maximum Gasteiger partial charge on any atom is 0.234 e. The van der Waals surface area contributed by atoms with Gasteiger partial charge in [-0.3, -0.25) is 9.59 Å². The molecule has 4 aromatic rings. The van der Waals surface area contributed by atoms with Gasteiger partial charge in [0.25, 0.3) is 0 Å². The highest BCUT2D eigenvalue weighted by Crippen LogP contribution is 2.30. The summed E-state index contributed by atoms with van der Waals surface area (Å²) in [6.45, 7) is 4.37. The van der Waals surface area contributed by atoms with E-state index in [4.69, 9.17) is 4.74 Å². The third-order valence-corrected chi connectivity index (χ3v) is 7.37. The fourth-order valence-electron chi connectivity index (χ4n) is 4.25. The number of aromatic nitrogens is 2. The molecule has 7 nitrogen and oxygen atoms in total. The number of methoxy groups -OCH3 is 1. The van der Waals surface area contributed by atoms with Gasteiger partial charge in [0.2, 0.25) is 16.9 Å². The third-order valence-electron chi connectivity index (χ3n) is 6.49. The van der Waals surface area contributed by atoms with Gasteiger partial charge in [-0.2, -0.15) is 0 Å². The third kappa shape index (κ3) is 6.63. The summed E-state index contributed by atoms with van der Waals surface area (Å²) >= 11 is 1.29. The van der Waals surface area contributed by atoms with Gasteiger partial charge in [-0.1, -0.05) is 91.1 Å². The average Bonchev–Trinajstić information content (AvgIpc) is 3.42. The fourth-order valence-corrected chi connectivity index (χ4v) is 5.01. The molecule has 4 rings (SSSR count). The molecule has 196 valence electrons. The van der Waals surface area contributed by atoms with Gasteiger partial charge >= 0.3 is 0 Å². The van der Waals surface area contributed by atoms with Crippen LogP contribution in [0.4, 0.5) is 5.13 Å². The monoisotopic (exact) mass is 528 g/mol. The second kappa shape index (κ2) is 13.0. The van der Waals surface area contributed by atoms with Crippen molar-refractivity contribution in [1.82, 2.24) is 15.1 Å². The van der Waals surface area contributed by atoms with E-state index in [0.29, 0.717) is 16.7 Å². The predicted molar refractivity (Wildman–Crippen MR) is 151 cm³/mol. The maximum atomic E-state index is 14.0. The number of nitrogens with one attached hydrogen (secondary N) is 1. The van der Waals surface area contributed by atoms with Crippen molar-refractivity contribution in [1.29, 1.82) is 0 Å². The number of hydrogen-bond donors (Lipinski definition) is 1. The van der Waals surface area contributed by atoms with Crippen molar-refractivity contribution in [2.24, 2.45) is 0 Å². The Balaban J connectivity index is 1.47. The molecule has 0 aliphatic rings. The Kier molecular flexibility index (Phi) is 9.21. The number of carbonyl (C=O) groups is 2. The normalized spacial score (nSPS) is 11.7. The first kappa shape index (κ1) is 27.0. The van der Waals surface area contributed by atoms with Crippen molar-refractivity contribution in [2.45, 2.75) is 38.6 Å². The van der Waals surface area contributed by atoms with E-state index in [-0.39, 0.29) is 24.3 Å². The molecule has 0 bridgehead atoms. The van der Waals surface area contributed by atoms with Crippen molar-refractivity contribution >= 4 is 28.3 Å². The van der Waals surface area contributed by atoms with Crippen molar-refractivity contribution in [3.8, 4) is 16.3 Å². The molecule has 38 heavy (non-hydrogen) atoms. The molecule has 8 heteroatoms. The second-order valence-electron chi connectivity index (χ2n) is 8.99. The van der Waals surface area contributed by atoms with E-state index in [2.05, 4.69) is 15.5 Å². The molecule has 3 aromatic carbocycles. The lowest BCUT2D eigenvalue weighted by Crippen LogP contribution is -2.43. The summed E-state index contributed by atoms with van der Waals surface area (Å²) < 4.78 is 5.28. The first-order valence-corrected chi connectivity index (χ1v) is 13.5. The summed E-state index contributed by atoms with van der Waals surface area (Å²) in [6, 6.07) is 27.1. The Bertz CT molecular complexity index is 1300. The van der Waals surface area contributed by atoms with Gasteiger partial charge in [-0.15, -0.1) is 10.2 Å². The highest BCUT2D eigenvalue weighted by Gasteiger charge is 2.30. The van der Waals surface area contributed by atoms with Gasteiger partial charge in [0.05, 0.1) is 13.0 Å². The topological polar surface area (TPSA) is 84.4 Å². The van der Waals surface area contributed by atoms with E-state index in [0.717, 1.165) is 28.9 Å². The van der Waals surface area contributed by atoms with Gasteiger partial charge in [-0.05, 0) is 36.6 Å². The minimum atomic E-state index is -0.442. The van der Waals surface area contributed by atoms with Crippen LogP contribution in [0.5, 0.6) is 5.75 Å². The zero-order valence-electron chi connectivity index (χ0n) is 21.8. The van der Waals surface area contributed by atoms with Crippen LogP contribution in [0, 0.1) is 0 Å². The van der Waals surface area contributed by atoms with E-state index in [1.165, 1.54) is 11.3 Å². The molecule has 0 radical (unpaired) electrons. The molecular formula is C30H32N4O3S. The van der Waals surface area contributed by atoms with Crippen LogP contribution in [0.2, 0.25) is 0 Å². The smallest absolute Gasteiger partial charge is 0.234 e. The molecule has 0 saturated carbocycles. The number of rotatable bonds is 11. The molecule has 0 unspecified atom stereocenters. The van der Waals surface area contributed by atoms with Gasteiger partial charge in [0.1, 0.15) is 10.8 Å². The molecule has 2 amide bonds. The Morgan fingerprint density at radius 2 is 1.61 bits per heavy atom. The SMILES string of the molecule is CC[C@H](C)N(CCC(=O)Nc1nnc(-c2cccc(OC)c2)s1)C(=O)C(c1ccccc1)c1ccccc1. The standard InChI is InChI=1S/C30H32N4O3S/c1-4-21(2)34(29(36)27(22-12-7-5-8-13-22)23-14-9-6-10-15-23)19-18-26(35)31-30-33-32-28(38-30)24-16-11-17-25(20-24)37-3/h5-17,20-21,27H,4,18-19H2,1-3H3,(H,31,33,35)/t21-/m0/s1. The molecular weight excluding hydrogens is 496 g/mol. The number of anilines is 1. The summed E-state index contributed by atoms with van der Waals surface area (Å²) in [6.07, 6.45) is 0.935. The van der Waals surface area contributed by atoms with Crippen molar-refractivity contribution in [3.05, 3.63) is 96.1 Å². The average molecular weight is 529 g/mol. The molecule has 1 atom stereocenters. The maximum absolute atomic E-state index is 14.0. The lowest BCUT2D eigenvalue weighted by atomic mass is 9.89. The summed E-state index contributed by atoms with van der Waals surface area (Å²) in [5, 5.41) is 12.3. The number of carbonyl (C=O) groups excluding carboxylic acids is 2. The second-order valence-corrected chi connectivity index (χ2v) is 9.96. The highest BCUT2D eigenvalue weighted by molar-refractivity contribution is 7.18. The van der Waals surface area contributed by atoms with Crippen molar-refractivity contribution < 1.29 is 14.3 Å². The number of amides is 2. The van der Waals surface area contributed by atoms with E-state index >= 15 is 0 Å². The molecule has 0 aliphatic heterocycles. The lowest BCUT2D eigenvalue weighted by Gasteiger charge is -2.32. The summed E-state index contributed by atoms with van der Waals surface area (Å²) in [5.74, 6) is 0.0571. The van der Waals surface area contributed by atoms with Gasteiger partial charge < -0.3 is 15.0 Å². The Morgan fingerprint density at radius 3 is 2.21 bits per heavy atom. The zero-order valence-corrected chi connectivity index (χ0v) is 22.7. The van der Waals surface area contributed by atoms with Gasteiger partial charge in [0, 0.05) is 24.6 Å². The zero-order chi connectivity index (χ0) is 26.9. The lowest BCUT2D eigenvalue weighted by molar-refractivity contribution is -0.134. The van der Waals surface area contributed by atoms with Crippen LogP contribution < -0.4 is 10.1 Å². The van der Waals surface area contributed by atoms with Gasteiger partial charge in [0.15, 0.2) is 0 Å². The van der Waals surface area contributed by atoms with Crippen molar-refractivity contribution in [3.63, 3.8) is 0 Å². The molecule has 1 aromatic heterocycles. The Labute approximate surface area is 227 Å². The highest BCUT2D eigenvalue weighted by atomic mass is 32.1. The number of ether oxygens (including phenoxy) is 1. The van der Waals surface area contributed by atoms with Gasteiger partial charge in [-0.25, -0.2) is 0 Å². The van der Waals surface area contributed by atoms with Crippen LogP contribution in [0.25, 0.3) is 10.6 Å². The summed E-state index contributed by atoms with van der Waals surface area (Å²) in [5.41, 5.74) is 2.73. The van der Waals surface area contributed by atoms with Crippen LogP contribution in [-0.2, 0) is 9.59 Å². The number of nitrogens with zero attached hydrogens (tertiary/aromatic N) is 3. The Hall–Kier alpha value is -4.04. The van der Waals surface area contributed by atoms with E-state index in [9.17, 15) is 9.59 Å². The predicted octanol–water partition coefficient (Wildman–Crippen LogP) is 6.00.